The van der Waals surface area contributed by atoms with Gasteiger partial charge in [0.1, 0.15) is 5.82 Å². The molecule has 3 aromatic rings. The number of nitrogens with zero attached hydrogens (tertiary/aromatic N) is 3. The number of aromatic nitrogens is 3. The zero-order valence-corrected chi connectivity index (χ0v) is 15.8. The molecule has 1 N–H and O–H groups in total. The number of rotatable bonds is 4. The van der Waals surface area contributed by atoms with Crippen molar-refractivity contribution < 1.29 is 9.84 Å². The van der Waals surface area contributed by atoms with Crippen LogP contribution < -0.4 is 5.56 Å². The van der Waals surface area contributed by atoms with Crippen LogP contribution in [-0.4, -0.2) is 31.9 Å². The summed E-state index contributed by atoms with van der Waals surface area (Å²) in [6.07, 6.45) is 5.31. The predicted octanol–water partition coefficient (Wildman–Crippen LogP) is 2.77. The molecular formula is C21H25N3O3. The molecule has 6 heteroatoms. The SMILES string of the molecule is Cc1cc(-c2nc3ccc(CO)cc3n2CC2CCCCO2)cn(C)c1=O. The second-order valence-electron chi connectivity index (χ2n) is 7.34. The van der Waals surface area contributed by atoms with Crippen molar-refractivity contribution in [3.8, 4) is 11.4 Å². The number of fused-ring (bicyclic) bond motifs is 1. The second kappa shape index (κ2) is 7.29. The van der Waals surface area contributed by atoms with Crippen LogP contribution in [0.2, 0.25) is 0 Å². The predicted molar refractivity (Wildman–Crippen MR) is 105 cm³/mol. The van der Waals surface area contributed by atoms with E-state index in [1.54, 1.807) is 11.6 Å². The van der Waals surface area contributed by atoms with Gasteiger partial charge in [0.15, 0.2) is 0 Å². The molecule has 142 valence electrons. The molecule has 0 bridgehead atoms. The quantitative estimate of drug-likeness (QED) is 0.770. The van der Waals surface area contributed by atoms with E-state index in [0.717, 1.165) is 47.4 Å². The van der Waals surface area contributed by atoms with Gasteiger partial charge in [-0.1, -0.05) is 6.07 Å². The Morgan fingerprint density at radius 2 is 2.15 bits per heavy atom. The second-order valence-corrected chi connectivity index (χ2v) is 7.34. The highest BCUT2D eigenvalue weighted by atomic mass is 16.5. The molecule has 0 amide bonds. The van der Waals surface area contributed by atoms with E-state index in [-0.39, 0.29) is 18.3 Å². The fraction of sp³-hybridized carbons (Fsp3) is 0.429. The summed E-state index contributed by atoms with van der Waals surface area (Å²) in [5.41, 5.74) is 4.32. The van der Waals surface area contributed by atoms with Gasteiger partial charge in [-0.2, -0.15) is 0 Å². The van der Waals surface area contributed by atoms with Crippen molar-refractivity contribution in [2.24, 2.45) is 7.05 Å². The van der Waals surface area contributed by atoms with Crippen molar-refractivity contribution in [3.63, 3.8) is 0 Å². The molecule has 0 spiro atoms. The molecule has 1 aromatic carbocycles. The van der Waals surface area contributed by atoms with Crippen LogP contribution >= 0.6 is 0 Å². The lowest BCUT2D eigenvalue weighted by molar-refractivity contribution is 0.00686. The number of hydrogen-bond donors (Lipinski definition) is 1. The summed E-state index contributed by atoms with van der Waals surface area (Å²) in [6.45, 7) is 3.33. The summed E-state index contributed by atoms with van der Waals surface area (Å²) in [7, 11) is 1.76. The van der Waals surface area contributed by atoms with Crippen molar-refractivity contribution in [1.82, 2.24) is 14.1 Å². The van der Waals surface area contributed by atoms with E-state index in [0.29, 0.717) is 12.1 Å². The van der Waals surface area contributed by atoms with Gasteiger partial charge < -0.3 is 19.0 Å². The first-order valence-electron chi connectivity index (χ1n) is 9.46. The first-order valence-corrected chi connectivity index (χ1v) is 9.46. The topological polar surface area (TPSA) is 69.3 Å². The van der Waals surface area contributed by atoms with Gasteiger partial charge in [0.2, 0.25) is 0 Å². The Bertz CT molecular complexity index is 1000. The highest BCUT2D eigenvalue weighted by Crippen LogP contribution is 2.28. The Labute approximate surface area is 158 Å². The van der Waals surface area contributed by atoms with Crippen LogP contribution in [0.3, 0.4) is 0 Å². The third-order valence-corrected chi connectivity index (χ3v) is 5.28. The maximum absolute atomic E-state index is 12.1. The summed E-state index contributed by atoms with van der Waals surface area (Å²) in [5, 5.41) is 9.54. The van der Waals surface area contributed by atoms with E-state index in [1.165, 1.54) is 6.42 Å². The lowest BCUT2D eigenvalue weighted by Gasteiger charge is -2.24. The minimum atomic E-state index is -0.00463. The first-order chi connectivity index (χ1) is 13.1. The van der Waals surface area contributed by atoms with Crippen LogP contribution in [0.15, 0.2) is 35.3 Å². The molecular weight excluding hydrogens is 342 g/mol. The van der Waals surface area contributed by atoms with Crippen molar-refractivity contribution in [2.45, 2.75) is 45.4 Å². The highest BCUT2D eigenvalue weighted by molar-refractivity contribution is 5.81. The van der Waals surface area contributed by atoms with Gasteiger partial charge in [-0.3, -0.25) is 4.79 Å². The molecule has 0 radical (unpaired) electrons. The van der Waals surface area contributed by atoms with Crippen LogP contribution in [0.5, 0.6) is 0 Å². The molecule has 2 aromatic heterocycles. The third kappa shape index (κ3) is 3.42. The number of aliphatic hydroxyl groups excluding tert-OH is 1. The molecule has 1 atom stereocenters. The van der Waals surface area contributed by atoms with Crippen LogP contribution in [0.4, 0.5) is 0 Å². The normalized spacial score (nSPS) is 17.5. The van der Waals surface area contributed by atoms with Gasteiger partial charge in [0, 0.05) is 31.0 Å². The van der Waals surface area contributed by atoms with Gasteiger partial charge in [-0.15, -0.1) is 0 Å². The zero-order chi connectivity index (χ0) is 19.0. The van der Waals surface area contributed by atoms with Crippen LogP contribution in [-0.2, 0) is 24.9 Å². The number of aryl methyl sites for hydroxylation is 2. The van der Waals surface area contributed by atoms with E-state index in [9.17, 15) is 9.90 Å². The lowest BCUT2D eigenvalue weighted by atomic mass is 10.1. The lowest BCUT2D eigenvalue weighted by Crippen LogP contribution is -2.25. The molecule has 1 saturated heterocycles. The smallest absolute Gasteiger partial charge is 0.253 e. The van der Waals surface area contributed by atoms with E-state index >= 15 is 0 Å². The van der Waals surface area contributed by atoms with Gasteiger partial charge in [0.25, 0.3) is 5.56 Å². The summed E-state index contributed by atoms with van der Waals surface area (Å²) >= 11 is 0. The van der Waals surface area contributed by atoms with Crippen LogP contribution in [0.25, 0.3) is 22.4 Å². The number of pyridine rings is 1. The molecule has 3 heterocycles. The van der Waals surface area contributed by atoms with Crippen LogP contribution in [0, 0.1) is 6.92 Å². The molecule has 0 saturated carbocycles. The zero-order valence-electron chi connectivity index (χ0n) is 15.8. The van der Waals surface area contributed by atoms with Crippen molar-refractivity contribution in [3.05, 3.63) is 51.9 Å². The average Bonchev–Trinajstić information content (AvgIpc) is 3.04. The summed E-state index contributed by atoms with van der Waals surface area (Å²) in [4.78, 5) is 16.9. The maximum Gasteiger partial charge on any atom is 0.253 e. The molecule has 1 aliphatic heterocycles. The number of imidazole rings is 1. The number of hydrogen-bond acceptors (Lipinski definition) is 4. The molecule has 1 fully saturated rings. The van der Waals surface area contributed by atoms with Crippen molar-refractivity contribution in [1.29, 1.82) is 0 Å². The highest BCUT2D eigenvalue weighted by Gasteiger charge is 2.20. The average molecular weight is 367 g/mol. The summed E-state index contributed by atoms with van der Waals surface area (Å²) < 4.78 is 9.73. The van der Waals surface area contributed by atoms with Crippen molar-refractivity contribution >= 4 is 11.0 Å². The maximum atomic E-state index is 12.1. The minimum absolute atomic E-state index is 0.000378. The Balaban J connectivity index is 1.88. The number of aliphatic hydroxyl groups is 1. The van der Waals surface area contributed by atoms with E-state index < -0.39 is 0 Å². The fourth-order valence-corrected chi connectivity index (χ4v) is 3.83. The van der Waals surface area contributed by atoms with Gasteiger partial charge in [0.05, 0.1) is 30.3 Å². The molecule has 27 heavy (non-hydrogen) atoms. The fourth-order valence-electron chi connectivity index (χ4n) is 3.83. The summed E-state index contributed by atoms with van der Waals surface area (Å²) in [5.74, 6) is 0.827. The Hall–Kier alpha value is -2.44. The Morgan fingerprint density at radius 3 is 2.85 bits per heavy atom. The molecule has 4 rings (SSSR count). The van der Waals surface area contributed by atoms with Gasteiger partial charge in [-0.25, -0.2) is 4.98 Å². The Kier molecular flexibility index (Phi) is 4.85. The number of ether oxygens (including phenoxy) is 1. The number of benzene rings is 1. The summed E-state index contributed by atoms with van der Waals surface area (Å²) in [6, 6.07) is 7.72. The van der Waals surface area contributed by atoms with E-state index in [2.05, 4.69) is 4.57 Å². The van der Waals surface area contributed by atoms with E-state index in [1.807, 2.05) is 37.4 Å². The minimum Gasteiger partial charge on any atom is -0.392 e. The molecule has 1 aliphatic rings. The first kappa shape index (κ1) is 17.9. The molecule has 1 unspecified atom stereocenters. The monoisotopic (exact) mass is 367 g/mol. The molecule has 6 nitrogen and oxygen atoms in total. The van der Waals surface area contributed by atoms with Crippen LogP contribution in [0.1, 0.15) is 30.4 Å². The van der Waals surface area contributed by atoms with Gasteiger partial charge in [-0.05, 0) is 49.9 Å². The standard InChI is InChI=1S/C21H25N3O3/c1-14-9-16(11-23(2)21(14)26)20-22-18-7-6-15(13-25)10-19(18)24(20)12-17-5-3-4-8-27-17/h6-7,9-11,17,25H,3-5,8,12-13H2,1-2H3. The largest absolute Gasteiger partial charge is 0.392 e. The Morgan fingerprint density at radius 1 is 1.30 bits per heavy atom. The third-order valence-electron chi connectivity index (χ3n) is 5.28. The molecule has 0 aliphatic carbocycles. The van der Waals surface area contributed by atoms with Gasteiger partial charge >= 0.3 is 0 Å². The van der Waals surface area contributed by atoms with E-state index in [4.69, 9.17) is 9.72 Å². The van der Waals surface area contributed by atoms with Crippen molar-refractivity contribution in [2.75, 3.05) is 6.61 Å².